The van der Waals surface area contributed by atoms with E-state index in [1.54, 1.807) is 39.8 Å². The lowest BCUT2D eigenvalue weighted by Crippen LogP contribution is -2.48. The minimum absolute atomic E-state index is 0.0147. The Hall–Kier alpha value is -3.85. The first-order valence-corrected chi connectivity index (χ1v) is 22.6. The van der Waals surface area contributed by atoms with E-state index in [1.807, 2.05) is 13.0 Å². The van der Waals surface area contributed by atoms with Gasteiger partial charge in [0, 0.05) is 50.7 Å². The number of hydrogen-bond acceptors (Lipinski definition) is 12. The Morgan fingerprint density at radius 2 is 1.52 bits per heavy atom. The minimum Gasteiger partial charge on any atom is -0.493 e. The normalized spacial score (nSPS) is 25.0. The Balaban J connectivity index is 1.21. The van der Waals surface area contributed by atoms with E-state index in [4.69, 9.17) is 43.0 Å². The highest BCUT2D eigenvalue weighted by molar-refractivity contribution is 7.08. The largest absolute Gasteiger partial charge is 0.493 e. The molecule has 0 radical (unpaired) electrons. The first-order chi connectivity index (χ1) is 29.3. The van der Waals surface area contributed by atoms with Gasteiger partial charge in [-0.2, -0.15) is 11.3 Å². The van der Waals surface area contributed by atoms with Gasteiger partial charge in [-0.1, -0.05) is 13.3 Å². The van der Waals surface area contributed by atoms with Crippen molar-refractivity contribution in [3.63, 3.8) is 0 Å². The highest BCUT2D eigenvalue weighted by Crippen LogP contribution is 2.50. The number of carbonyl (C=O) groups is 1. The first kappa shape index (κ1) is 44.2. The standard InChI is InChI=1S/C47H64N2O10S/c1-7-30-28-48-13-9-31-23-41(52-3)43(54-5)26-37(31)39(48)21-34(30)22-40-38-27-44(55-6)42(53-4)24-32(38)10-14-49(40)46(51)45-25-36(33-12-20-60-29-33)35(47(59-45)58-8-2)11-16-56-18-19-57-17-15-50/h12,20,23-27,29-30,34-36,39-40,47,50H,7-11,13-19,21-22,28H2,1-6H3/t30-,34+,35-,36+,39-,40+,47+/m0/s1. The van der Waals surface area contributed by atoms with E-state index < -0.39 is 6.29 Å². The van der Waals surface area contributed by atoms with Gasteiger partial charge >= 0.3 is 0 Å². The lowest BCUT2D eigenvalue weighted by molar-refractivity contribution is -0.173. The monoisotopic (exact) mass is 848 g/mol. The van der Waals surface area contributed by atoms with Crippen molar-refractivity contribution in [3.05, 3.63) is 80.7 Å². The SMILES string of the molecule is CCO[C@@H]1OC(C(=O)N2CCc3cc(OC)c(OC)cc3[C@H]2C[C@H]2C[C@H]3c4cc(OC)c(OC)cc4CCN3C[C@@H]2CC)=C[C@H](c2ccsc2)[C@@H]1CCOCCOCCO. The number of carbonyl (C=O) groups excluding carboxylic acids is 1. The molecule has 1 aromatic heterocycles. The molecule has 0 aliphatic carbocycles. The van der Waals surface area contributed by atoms with Gasteiger partial charge in [-0.3, -0.25) is 9.69 Å². The molecule has 7 atom stereocenters. The predicted octanol–water partition coefficient (Wildman–Crippen LogP) is 7.34. The molecule has 1 amide bonds. The van der Waals surface area contributed by atoms with Gasteiger partial charge in [-0.15, -0.1) is 0 Å². The van der Waals surface area contributed by atoms with Crippen molar-refractivity contribution >= 4 is 17.2 Å². The summed E-state index contributed by atoms with van der Waals surface area (Å²) in [6, 6.07) is 10.7. The summed E-state index contributed by atoms with van der Waals surface area (Å²) in [5.41, 5.74) is 6.05. The van der Waals surface area contributed by atoms with Crippen LogP contribution < -0.4 is 18.9 Å². The van der Waals surface area contributed by atoms with E-state index in [-0.39, 0.29) is 36.4 Å². The van der Waals surface area contributed by atoms with Crippen LogP contribution >= 0.6 is 11.3 Å². The zero-order valence-electron chi connectivity index (χ0n) is 36.2. The molecule has 4 aliphatic rings. The summed E-state index contributed by atoms with van der Waals surface area (Å²) in [7, 11) is 6.74. The number of ether oxygens (including phenoxy) is 8. The van der Waals surface area contributed by atoms with E-state index in [1.165, 1.54) is 16.7 Å². The average Bonchev–Trinajstić information content (AvgIpc) is 3.83. The fourth-order valence-electron chi connectivity index (χ4n) is 10.1. The Morgan fingerprint density at radius 1 is 0.850 bits per heavy atom. The van der Waals surface area contributed by atoms with Crippen LogP contribution in [0.4, 0.5) is 0 Å². The van der Waals surface area contributed by atoms with E-state index in [2.05, 4.69) is 57.8 Å². The van der Waals surface area contributed by atoms with Crippen molar-refractivity contribution in [2.45, 2.75) is 76.7 Å². The van der Waals surface area contributed by atoms with Crippen molar-refractivity contribution in [2.24, 2.45) is 17.8 Å². The number of aliphatic hydroxyl groups excluding tert-OH is 1. The smallest absolute Gasteiger partial charge is 0.289 e. The quantitative estimate of drug-likeness (QED) is 0.122. The molecule has 12 nitrogen and oxygen atoms in total. The van der Waals surface area contributed by atoms with Crippen LogP contribution in [0.2, 0.25) is 0 Å². The maximum atomic E-state index is 15.3. The highest BCUT2D eigenvalue weighted by Gasteiger charge is 2.45. The number of hydrogen-bond donors (Lipinski definition) is 1. The molecular weight excluding hydrogens is 785 g/mol. The van der Waals surface area contributed by atoms with Gasteiger partial charge in [0.1, 0.15) is 0 Å². The van der Waals surface area contributed by atoms with Gasteiger partial charge in [-0.25, -0.2) is 0 Å². The third-order valence-electron chi connectivity index (χ3n) is 13.1. The summed E-state index contributed by atoms with van der Waals surface area (Å²) in [6.45, 7) is 8.87. The molecule has 13 heteroatoms. The fourth-order valence-corrected chi connectivity index (χ4v) is 10.8. The predicted molar refractivity (Wildman–Crippen MR) is 230 cm³/mol. The molecule has 1 saturated heterocycles. The third-order valence-corrected chi connectivity index (χ3v) is 13.8. The van der Waals surface area contributed by atoms with E-state index in [0.717, 1.165) is 61.4 Å². The minimum atomic E-state index is -0.631. The molecule has 0 bridgehead atoms. The van der Waals surface area contributed by atoms with Gasteiger partial charge in [0.15, 0.2) is 28.8 Å². The molecule has 3 aromatic rings. The summed E-state index contributed by atoms with van der Waals surface area (Å²) in [4.78, 5) is 20.0. The number of allylic oxidation sites excluding steroid dienone is 1. The summed E-state index contributed by atoms with van der Waals surface area (Å²) in [6.07, 6.45) is 6.57. The Labute approximate surface area is 359 Å². The number of benzene rings is 2. The van der Waals surface area contributed by atoms with Gasteiger partial charge < -0.3 is 47.9 Å². The second-order valence-corrected chi connectivity index (χ2v) is 17.0. The second-order valence-electron chi connectivity index (χ2n) is 16.2. The molecular formula is C47H64N2O10S. The molecule has 2 aromatic carbocycles. The van der Waals surface area contributed by atoms with Crippen molar-refractivity contribution in [2.75, 3.05) is 87.7 Å². The van der Waals surface area contributed by atoms with Crippen molar-refractivity contribution in [1.82, 2.24) is 9.80 Å². The number of nitrogens with zero attached hydrogens (tertiary/aromatic N) is 2. The molecule has 4 aliphatic heterocycles. The van der Waals surface area contributed by atoms with Gasteiger partial charge in [-0.05, 0) is 126 Å². The second kappa shape index (κ2) is 20.8. The van der Waals surface area contributed by atoms with Crippen LogP contribution in [-0.2, 0) is 36.6 Å². The summed E-state index contributed by atoms with van der Waals surface area (Å²) < 4.78 is 47.5. The Bertz CT molecular complexity index is 1900. The summed E-state index contributed by atoms with van der Waals surface area (Å²) >= 11 is 1.64. The molecule has 0 unspecified atom stereocenters. The van der Waals surface area contributed by atoms with Crippen LogP contribution in [0.15, 0.2) is 52.9 Å². The highest BCUT2D eigenvalue weighted by atomic mass is 32.1. The van der Waals surface area contributed by atoms with E-state index in [0.29, 0.717) is 81.5 Å². The van der Waals surface area contributed by atoms with E-state index in [9.17, 15) is 0 Å². The van der Waals surface area contributed by atoms with Crippen LogP contribution in [0.5, 0.6) is 23.0 Å². The molecule has 0 saturated carbocycles. The molecule has 1 fully saturated rings. The number of thiophene rings is 1. The third kappa shape index (κ3) is 9.46. The van der Waals surface area contributed by atoms with Crippen LogP contribution in [0.25, 0.3) is 0 Å². The Morgan fingerprint density at radius 3 is 2.17 bits per heavy atom. The number of amides is 1. The van der Waals surface area contributed by atoms with Crippen molar-refractivity contribution < 1.29 is 47.8 Å². The number of aliphatic hydroxyl groups is 1. The summed E-state index contributed by atoms with van der Waals surface area (Å²) in [5.74, 6) is 3.72. The molecule has 328 valence electrons. The molecule has 5 heterocycles. The van der Waals surface area contributed by atoms with E-state index >= 15 is 4.79 Å². The molecule has 1 N–H and O–H groups in total. The topological polar surface area (TPSA) is 118 Å². The van der Waals surface area contributed by atoms with Crippen LogP contribution in [-0.4, -0.2) is 115 Å². The van der Waals surface area contributed by atoms with Gasteiger partial charge in [0.25, 0.3) is 5.91 Å². The molecule has 60 heavy (non-hydrogen) atoms. The lowest BCUT2D eigenvalue weighted by Gasteiger charge is -2.49. The first-order valence-electron chi connectivity index (χ1n) is 21.7. The van der Waals surface area contributed by atoms with Crippen LogP contribution in [0.1, 0.15) is 85.3 Å². The van der Waals surface area contributed by atoms with Crippen molar-refractivity contribution in [3.8, 4) is 23.0 Å². The molecule has 0 spiro atoms. The lowest BCUT2D eigenvalue weighted by atomic mass is 9.72. The summed E-state index contributed by atoms with van der Waals surface area (Å²) in [5, 5.41) is 13.3. The van der Waals surface area contributed by atoms with Crippen LogP contribution in [0, 0.1) is 17.8 Å². The number of rotatable bonds is 19. The van der Waals surface area contributed by atoms with Crippen molar-refractivity contribution in [1.29, 1.82) is 0 Å². The van der Waals surface area contributed by atoms with Crippen LogP contribution in [0.3, 0.4) is 0 Å². The van der Waals surface area contributed by atoms with Gasteiger partial charge in [0.2, 0.25) is 6.29 Å². The number of methoxy groups -OCH3 is 4. The number of fused-ring (bicyclic) bond motifs is 4. The maximum absolute atomic E-state index is 15.3. The number of piperidine rings is 1. The zero-order valence-corrected chi connectivity index (χ0v) is 37.0. The fraction of sp³-hybridized carbons (Fsp3) is 0.596. The maximum Gasteiger partial charge on any atom is 0.289 e. The zero-order chi connectivity index (χ0) is 42.2. The Kier molecular flexibility index (Phi) is 15.3. The molecule has 7 rings (SSSR count). The van der Waals surface area contributed by atoms with Gasteiger partial charge in [0.05, 0.1) is 60.9 Å². The average molecular weight is 849 g/mol.